The van der Waals surface area contributed by atoms with Crippen LogP contribution in [0.25, 0.3) is 0 Å². The Balaban J connectivity index is 1.59. The number of hydrogen-bond acceptors (Lipinski definition) is 6. The number of amides is 1. The van der Waals surface area contributed by atoms with E-state index >= 15 is 0 Å². The van der Waals surface area contributed by atoms with Gasteiger partial charge in [0.15, 0.2) is 4.34 Å². The van der Waals surface area contributed by atoms with Gasteiger partial charge in [-0.3, -0.25) is 10.1 Å². The summed E-state index contributed by atoms with van der Waals surface area (Å²) in [6, 6.07) is 12.3. The van der Waals surface area contributed by atoms with Crippen molar-refractivity contribution in [3.8, 4) is 6.07 Å². The fourth-order valence-corrected chi connectivity index (χ4v) is 4.33. The Morgan fingerprint density at radius 1 is 1.30 bits per heavy atom. The molecule has 1 aromatic carbocycles. The molecule has 3 rings (SSSR count). The molecule has 5 nitrogen and oxygen atoms in total. The summed E-state index contributed by atoms with van der Waals surface area (Å²) >= 11 is 2.93. The lowest BCUT2D eigenvalue weighted by Gasteiger charge is -2.17. The van der Waals surface area contributed by atoms with E-state index in [2.05, 4.69) is 33.7 Å². The van der Waals surface area contributed by atoms with E-state index in [0.29, 0.717) is 18.0 Å². The number of rotatable bonds is 5. The molecule has 0 radical (unpaired) electrons. The van der Waals surface area contributed by atoms with E-state index < -0.39 is 5.41 Å². The molecule has 1 N–H and O–H groups in total. The number of anilines is 1. The fourth-order valence-electron chi connectivity index (χ4n) is 2.62. The molecule has 1 heterocycles. The van der Waals surface area contributed by atoms with Gasteiger partial charge in [-0.1, -0.05) is 66.3 Å². The number of hydrogen-bond donors (Lipinski definition) is 1. The molecule has 1 aromatic heterocycles. The molecular formula is C16H16N4OS2. The maximum atomic E-state index is 12.4. The van der Waals surface area contributed by atoms with E-state index in [1.54, 1.807) is 11.8 Å². The van der Waals surface area contributed by atoms with E-state index in [9.17, 15) is 10.1 Å². The smallest absolute Gasteiger partial charge is 0.246 e. The first-order valence-electron chi connectivity index (χ1n) is 7.45. The van der Waals surface area contributed by atoms with Crippen LogP contribution in [0.4, 0.5) is 5.13 Å². The molecule has 0 bridgehead atoms. The van der Waals surface area contributed by atoms with E-state index in [4.69, 9.17) is 0 Å². The minimum absolute atomic E-state index is 0.242. The molecule has 1 fully saturated rings. The van der Waals surface area contributed by atoms with Gasteiger partial charge in [0, 0.05) is 5.75 Å². The minimum Gasteiger partial charge on any atom is -0.299 e. The zero-order valence-corrected chi connectivity index (χ0v) is 14.1. The number of carbonyl (C=O) groups is 1. The monoisotopic (exact) mass is 344 g/mol. The van der Waals surface area contributed by atoms with Crippen molar-refractivity contribution in [3.63, 3.8) is 0 Å². The van der Waals surface area contributed by atoms with Crippen molar-refractivity contribution in [3.05, 3.63) is 35.9 Å². The van der Waals surface area contributed by atoms with Gasteiger partial charge < -0.3 is 0 Å². The summed E-state index contributed by atoms with van der Waals surface area (Å²) in [5, 5.41) is 20.7. The molecular weight excluding hydrogens is 328 g/mol. The number of carbonyl (C=O) groups excluding carboxylic acids is 1. The van der Waals surface area contributed by atoms with Crippen molar-refractivity contribution < 1.29 is 4.79 Å². The average molecular weight is 344 g/mol. The highest BCUT2D eigenvalue weighted by Crippen LogP contribution is 2.39. The Morgan fingerprint density at radius 3 is 2.74 bits per heavy atom. The topological polar surface area (TPSA) is 78.7 Å². The van der Waals surface area contributed by atoms with Gasteiger partial charge in [0.25, 0.3) is 0 Å². The van der Waals surface area contributed by atoms with Crippen LogP contribution in [-0.2, 0) is 10.5 Å². The van der Waals surface area contributed by atoms with Gasteiger partial charge in [-0.15, -0.1) is 10.2 Å². The summed E-state index contributed by atoms with van der Waals surface area (Å²) in [4.78, 5) is 12.4. The SMILES string of the molecule is N#CC1(C(=O)Nc2nnc(SCc3ccccc3)s2)CCCC1. The molecule has 23 heavy (non-hydrogen) atoms. The van der Waals surface area contributed by atoms with Crippen molar-refractivity contribution in [1.82, 2.24) is 10.2 Å². The predicted molar refractivity (Wildman–Crippen MR) is 91.1 cm³/mol. The summed E-state index contributed by atoms with van der Waals surface area (Å²) < 4.78 is 0.807. The van der Waals surface area contributed by atoms with Crippen molar-refractivity contribution in [1.29, 1.82) is 5.26 Å². The van der Waals surface area contributed by atoms with Crippen LogP contribution in [0.5, 0.6) is 0 Å². The lowest BCUT2D eigenvalue weighted by molar-refractivity contribution is -0.122. The Labute approximate surface area is 143 Å². The number of aromatic nitrogens is 2. The van der Waals surface area contributed by atoms with Crippen LogP contribution in [0.2, 0.25) is 0 Å². The largest absolute Gasteiger partial charge is 0.299 e. The highest BCUT2D eigenvalue weighted by Gasteiger charge is 2.41. The van der Waals surface area contributed by atoms with E-state index in [1.807, 2.05) is 18.2 Å². The summed E-state index contributed by atoms with van der Waals surface area (Å²) in [6.45, 7) is 0. The Morgan fingerprint density at radius 2 is 2.04 bits per heavy atom. The maximum absolute atomic E-state index is 12.4. The molecule has 0 saturated heterocycles. The Hall–Kier alpha value is -1.91. The predicted octanol–water partition coefficient (Wildman–Crippen LogP) is 3.85. The summed E-state index contributed by atoms with van der Waals surface area (Å²) in [6.07, 6.45) is 3.11. The second-order valence-corrected chi connectivity index (χ2v) is 7.70. The first-order chi connectivity index (χ1) is 11.2. The van der Waals surface area contributed by atoms with E-state index in [1.165, 1.54) is 16.9 Å². The molecule has 0 spiro atoms. The first-order valence-corrected chi connectivity index (χ1v) is 9.25. The van der Waals surface area contributed by atoms with Gasteiger partial charge in [0.1, 0.15) is 5.41 Å². The van der Waals surface area contributed by atoms with Crippen molar-refractivity contribution >= 4 is 34.1 Å². The molecule has 7 heteroatoms. The van der Waals surface area contributed by atoms with Crippen molar-refractivity contribution in [2.45, 2.75) is 35.8 Å². The Kier molecular flexibility index (Phi) is 4.94. The molecule has 118 valence electrons. The van der Waals surface area contributed by atoms with Gasteiger partial charge in [0.05, 0.1) is 6.07 Å². The second-order valence-electron chi connectivity index (χ2n) is 5.50. The second kappa shape index (κ2) is 7.11. The van der Waals surface area contributed by atoms with Crippen LogP contribution in [0.3, 0.4) is 0 Å². The molecule has 1 aliphatic carbocycles. The third-order valence-electron chi connectivity index (χ3n) is 3.94. The van der Waals surface area contributed by atoms with Gasteiger partial charge in [-0.2, -0.15) is 5.26 Å². The lowest BCUT2D eigenvalue weighted by atomic mass is 9.87. The van der Waals surface area contributed by atoms with Gasteiger partial charge in [-0.25, -0.2) is 0 Å². The summed E-state index contributed by atoms with van der Waals surface area (Å²) in [5.74, 6) is 0.569. The first kappa shape index (κ1) is 16.0. The number of nitrogens with zero attached hydrogens (tertiary/aromatic N) is 3. The zero-order valence-electron chi connectivity index (χ0n) is 12.5. The van der Waals surface area contributed by atoms with Gasteiger partial charge >= 0.3 is 0 Å². The average Bonchev–Trinajstić information content (AvgIpc) is 3.24. The maximum Gasteiger partial charge on any atom is 0.246 e. The fraction of sp³-hybridized carbons (Fsp3) is 0.375. The Bertz CT molecular complexity index is 717. The summed E-state index contributed by atoms with van der Waals surface area (Å²) in [7, 11) is 0. The highest BCUT2D eigenvalue weighted by atomic mass is 32.2. The van der Waals surface area contributed by atoms with Gasteiger partial charge in [-0.05, 0) is 18.4 Å². The number of thioether (sulfide) groups is 1. The van der Waals surface area contributed by atoms with Crippen LogP contribution in [0.1, 0.15) is 31.2 Å². The molecule has 1 amide bonds. The van der Waals surface area contributed by atoms with E-state index in [0.717, 1.165) is 22.9 Å². The number of benzene rings is 1. The molecule has 2 aromatic rings. The van der Waals surface area contributed by atoms with Crippen molar-refractivity contribution in [2.24, 2.45) is 5.41 Å². The third-order valence-corrected chi connectivity index (χ3v) is 5.98. The minimum atomic E-state index is -0.886. The molecule has 0 atom stereocenters. The third kappa shape index (κ3) is 3.71. The van der Waals surface area contributed by atoms with Crippen LogP contribution in [0.15, 0.2) is 34.7 Å². The van der Waals surface area contributed by atoms with Crippen LogP contribution < -0.4 is 5.32 Å². The molecule has 0 unspecified atom stereocenters. The van der Waals surface area contributed by atoms with Crippen LogP contribution >= 0.6 is 23.1 Å². The zero-order chi connectivity index (χ0) is 16.1. The highest BCUT2D eigenvalue weighted by molar-refractivity contribution is 8.00. The molecule has 1 aliphatic rings. The number of nitriles is 1. The number of nitrogens with one attached hydrogen (secondary N) is 1. The quantitative estimate of drug-likeness (QED) is 0.658. The standard InChI is InChI=1S/C16H16N4OS2/c17-11-16(8-4-5-9-16)13(21)18-14-19-20-15(23-14)22-10-12-6-2-1-3-7-12/h1-3,6-7H,4-5,8-10H2,(H,18,19,21). The van der Waals surface area contributed by atoms with Crippen molar-refractivity contribution in [2.75, 3.05) is 5.32 Å². The molecule has 0 aliphatic heterocycles. The lowest BCUT2D eigenvalue weighted by Crippen LogP contribution is -2.32. The van der Waals surface area contributed by atoms with Crippen LogP contribution in [0, 0.1) is 16.7 Å². The summed E-state index contributed by atoms with van der Waals surface area (Å²) in [5.41, 5.74) is 0.330. The molecule has 1 saturated carbocycles. The van der Waals surface area contributed by atoms with Gasteiger partial charge in [0.2, 0.25) is 11.0 Å². The van der Waals surface area contributed by atoms with Crippen LogP contribution in [-0.4, -0.2) is 16.1 Å². The normalized spacial score (nSPS) is 16.0. The van der Waals surface area contributed by atoms with E-state index in [-0.39, 0.29) is 5.91 Å².